The van der Waals surface area contributed by atoms with E-state index < -0.39 is 18.5 Å². The number of carbonyl (C=O) groups excluding carboxylic acids is 5. The lowest BCUT2D eigenvalue weighted by molar-refractivity contribution is -0.149. The van der Waals surface area contributed by atoms with E-state index in [1.807, 2.05) is 12.2 Å². The number of nitrogens with one attached hydrogen (secondary N) is 1. The third-order valence-corrected chi connectivity index (χ3v) is 5.57. The summed E-state index contributed by atoms with van der Waals surface area (Å²) in [6, 6.07) is 6.84. The number of hydrogen-bond donors (Lipinski definition) is 1. The molecule has 0 spiro atoms. The van der Waals surface area contributed by atoms with E-state index in [4.69, 9.17) is 4.74 Å². The lowest BCUT2D eigenvalue weighted by Crippen LogP contribution is -2.44. The van der Waals surface area contributed by atoms with Crippen LogP contribution < -0.4 is 10.2 Å². The highest BCUT2D eigenvalue weighted by atomic mass is 16.5. The summed E-state index contributed by atoms with van der Waals surface area (Å²) in [5.74, 6) is -2.75. The number of carbonyl (C=O) groups is 5. The third kappa shape index (κ3) is 3.70. The zero-order chi connectivity index (χ0) is 21.3. The molecule has 1 N–H and O–H groups in total. The summed E-state index contributed by atoms with van der Waals surface area (Å²) in [4.78, 5) is 63.6. The third-order valence-electron chi connectivity index (χ3n) is 5.57. The molecule has 2 aliphatic heterocycles. The summed E-state index contributed by atoms with van der Waals surface area (Å²) < 4.78 is 5.03. The maximum atomic E-state index is 12.5. The van der Waals surface area contributed by atoms with Crippen molar-refractivity contribution >= 4 is 41.0 Å². The van der Waals surface area contributed by atoms with Gasteiger partial charge in [0.05, 0.1) is 29.6 Å². The number of rotatable bonds is 5. The van der Waals surface area contributed by atoms with E-state index in [1.165, 1.54) is 4.90 Å². The van der Waals surface area contributed by atoms with Crippen LogP contribution in [-0.4, -0.2) is 54.2 Å². The van der Waals surface area contributed by atoms with Gasteiger partial charge in [-0.25, -0.2) is 0 Å². The predicted octanol–water partition coefficient (Wildman–Crippen LogP) is 0.856. The first-order chi connectivity index (χ1) is 14.5. The number of ether oxygens (including phenoxy) is 1. The number of likely N-dealkylation sites (tertiary alicyclic amines) is 1. The number of nitrogens with zero attached hydrogens (tertiary/aromatic N) is 2. The number of allylic oxidation sites excluding steroid dienone is 2. The van der Waals surface area contributed by atoms with Crippen molar-refractivity contribution in [1.82, 2.24) is 4.90 Å². The first-order valence-electron chi connectivity index (χ1n) is 9.81. The van der Waals surface area contributed by atoms with Crippen molar-refractivity contribution in [3.05, 3.63) is 36.4 Å². The maximum absolute atomic E-state index is 12.5. The summed E-state index contributed by atoms with van der Waals surface area (Å²) in [6.45, 7) is -0.759. The highest BCUT2D eigenvalue weighted by Gasteiger charge is 2.47. The average Bonchev–Trinajstić information content (AvgIpc) is 3.00. The number of anilines is 2. The zero-order valence-corrected chi connectivity index (χ0v) is 16.2. The molecule has 3 aliphatic rings. The van der Waals surface area contributed by atoms with Crippen molar-refractivity contribution in [3.8, 4) is 0 Å². The Labute approximate surface area is 172 Å². The smallest absolute Gasteiger partial charge is 0.308 e. The van der Waals surface area contributed by atoms with E-state index in [2.05, 4.69) is 5.32 Å². The van der Waals surface area contributed by atoms with Gasteiger partial charge in [-0.15, -0.1) is 0 Å². The van der Waals surface area contributed by atoms with Crippen LogP contribution in [0, 0.1) is 11.8 Å². The van der Waals surface area contributed by atoms with Crippen LogP contribution in [0.5, 0.6) is 0 Å². The van der Waals surface area contributed by atoms with Gasteiger partial charge >= 0.3 is 5.97 Å². The van der Waals surface area contributed by atoms with Crippen LogP contribution in [0.4, 0.5) is 11.4 Å². The van der Waals surface area contributed by atoms with Crippen molar-refractivity contribution in [3.63, 3.8) is 0 Å². The molecule has 1 saturated heterocycles. The zero-order valence-electron chi connectivity index (χ0n) is 16.2. The van der Waals surface area contributed by atoms with Crippen molar-refractivity contribution in [1.29, 1.82) is 0 Å². The van der Waals surface area contributed by atoms with Gasteiger partial charge in [0.15, 0.2) is 6.61 Å². The van der Waals surface area contributed by atoms with Gasteiger partial charge in [-0.3, -0.25) is 33.8 Å². The number of para-hydroxylation sites is 2. The van der Waals surface area contributed by atoms with Crippen molar-refractivity contribution in [2.75, 3.05) is 29.9 Å². The lowest BCUT2D eigenvalue weighted by atomic mass is 9.85. The molecule has 4 amide bonds. The predicted molar refractivity (Wildman–Crippen MR) is 105 cm³/mol. The Bertz CT molecular complexity index is 930. The molecule has 9 heteroatoms. The molecule has 0 unspecified atom stereocenters. The average molecular weight is 411 g/mol. The normalized spacial score (nSPS) is 22.5. The molecule has 0 aromatic heterocycles. The fraction of sp³-hybridized carbons (Fsp3) is 0.381. The van der Waals surface area contributed by atoms with Crippen LogP contribution in [0.15, 0.2) is 36.4 Å². The second-order valence-corrected chi connectivity index (χ2v) is 7.44. The van der Waals surface area contributed by atoms with Gasteiger partial charge in [-0.2, -0.15) is 0 Å². The minimum Gasteiger partial charge on any atom is -0.455 e. The van der Waals surface area contributed by atoms with Gasteiger partial charge in [-0.1, -0.05) is 24.3 Å². The van der Waals surface area contributed by atoms with Crippen LogP contribution in [-0.2, 0) is 28.7 Å². The topological polar surface area (TPSA) is 113 Å². The van der Waals surface area contributed by atoms with Gasteiger partial charge in [0.2, 0.25) is 17.7 Å². The van der Waals surface area contributed by atoms with Gasteiger partial charge in [0, 0.05) is 6.54 Å². The number of amides is 4. The Kier molecular flexibility index (Phi) is 5.35. The van der Waals surface area contributed by atoms with E-state index in [0.717, 1.165) is 4.90 Å². The van der Waals surface area contributed by atoms with Crippen LogP contribution in [0.3, 0.4) is 0 Å². The standard InChI is InChI=1S/C21H21N3O6/c25-17-11-24(16-8-4-3-7-15(16)22-17)18(26)12-30-19(27)9-10-23-20(28)13-5-1-2-6-14(13)21(23)29/h1-4,7-8,13-14H,5-6,9-12H2,(H,22,25)/t13-,14-/m1/s1. The molecule has 1 aliphatic carbocycles. The van der Waals surface area contributed by atoms with Crippen molar-refractivity contribution < 1.29 is 28.7 Å². The molecule has 0 radical (unpaired) electrons. The molecule has 2 heterocycles. The summed E-state index contributed by atoms with van der Waals surface area (Å²) >= 11 is 0. The van der Waals surface area contributed by atoms with E-state index in [-0.39, 0.29) is 49.1 Å². The van der Waals surface area contributed by atoms with Crippen molar-refractivity contribution in [2.45, 2.75) is 19.3 Å². The molecule has 1 fully saturated rings. The van der Waals surface area contributed by atoms with E-state index in [1.54, 1.807) is 24.3 Å². The van der Waals surface area contributed by atoms with Gasteiger partial charge in [0.1, 0.15) is 6.54 Å². The lowest BCUT2D eigenvalue weighted by Gasteiger charge is -2.28. The monoisotopic (exact) mass is 411 g/mol. The molecule has 9 nitrogen and oxygen atoms in total. The number of hydrogen-bond acceptors (Lipinski definition) is 6. The van der Waals surface area contributed by atoms with Gasteiger partial charge in [-0.05, 0) is 25.0 Å². The Balaban J connectivity index is 1.29. The molecule has 1 aromatic carbocycles. The SMILES string of the molecule is O=C1CN(C(=O)COC(=O)CCN2C(=O)[C@@H]3CC=CC[C@H]3C2=O)c2ccccc2N1. The molecule has 4 rings (SSSR count). The second kappa shape index (κ2) is 8.10. The van der Waals surface area contributed by atoms with Gasteiger partial charge in [0.25, 0.3) is 5.91 Å². The van der Waals surface area contributed by atoms with Crippen molar-refractivity contribution in [2.24, 2.45) is 11.8 Å². The largest absolute Gasteiger partial charge is 0.455 e. The van der Waals surface area contributed by atoms with E-state index in [0.29, 0.717) is 24.2 Å². The summed E-state index contributed by atoms with van der Waals surface area (Å²) in [7, 11) is 0. The molecule has 0 saturated carbocycles. The molecule has 0 bridgehead atoms. The number of benzene rings is 1. The van der Waals surface area contributed by atoms with Crippen LogP contribution in [0.1, 0.15) is 19.3 Å². The summed E-state index contributed by atoms with van der Waals surface area (Å²) in [5, 5.41) is 2.68. The van der Waals surface area contributed by atoms with E-state index >= 15 is 0 Å². The highest BCUT2D eigenvalue weighted by molar-refractivity contribution is 6.10. The van der Waals surface area contributed by atoms with Crippen LogP contribution in [0.25, 0.3) is 0 Å². The fourth-order valence-corrected chi connectivity index (χ4v) is 4.04. The molecule has 2 atom stereocenters. The molecular formula is C21H21N3O6. The second-order valence-electron chi connectivity index (χ2n) is 7.44. The quantitative estimate of drug-likeness (QED) is 0.437. The first-order valence-corrected chi connectivity index (χ1v) is 9.81. The molecule has 1 aromatic rings. The minimum atomic E-state index is -0.688. The Morgan fingerprint density at radius 2 is 1.70 bits per heavy atom. The Hall–Kier alpha value is -3.49. The molecule has 156 valence electrons. The fourth-order valence-electron chi connectivity index (χ4n) is 4.04. The number of imide groups is 1. The Morgan fingerprint density at radius 3 is 2.40 bits per heavy atom. The first kappa shape index (κ1) is 19.8. The van der Waals surface area contributed by atoms with E-state index in [9.17, 15) is 24.0 Å². The molecule has 30 heavy (non-hydrogen) atoms. The van der Waals surface area contributed by atoms with Crippen LogP contribution >= 0.6 is 0 Å². The summed E-state index contributed by atoms with van der Waals surface area (Å²) in [6.07, 6.45) is 4.68. The Morgan fingerprint density at radius 1 is 1.03 bits per heavy atom. The minimum absolute atomic E-state index is 0.0629. The maximum Gasteiger partial charge on any atom is 0.308 e. The van der Waals surface area contributed by atoms with Crippen LogP contribution in [0.2, 0.25) is 0 Å². The van der Waals surface area contributed by atoms with Gasteiger partial charge < -0.3 is 10.1 Å². The number of esters is 1. The highest BCUT2D eigenvalue weighted by Crippen LogP contribution is 2.35. The summed E-state index contributed by atoms with van der Waals surface area (Å²) in [5.41, 5.74) is 1.04. The molecular weight excluding hydrogens is 390 g/mol. The number of fused-ring (bicyclic) bond motifs is 2.